The molecule has 0 saturated carbocycles. The molecule has 2 rings (SSSR count). The van der Waals surface area contributed by atoms with Gasteiger partial charge in [-0.2, -0.15) is 5.26 Å². The number of rotatable bonds is 3. The molecule has 0 spiro atoms. The summed E-state index contributed by atoms with van der Waals surface area (Å²) >= 11 is 6.16. The van der Waals surface area contributed by atoms with Crippen molar-refractivity contribution >= 4 is 23.6 Å². The van der Waals surface area contributed by atoms with E-state index in [4.69, 9.17) is 28.0 Å². The van der Waals surface area contributed by atoms with E-state index in [1.54, 1.807) is 25.1 Å². The lowest BCUT2D eigenvalue weighted by Gasteiger charge is -2.13. The Morgan fingerprint density at radius 2 is 2.14 bits per heavy atom. The quantitative estimate of drug-likeness (QED) is 0.853. The molecule has 106 valence electrons. The van der Waals surface area contributed by atoms with Crippen molar-refractivity contribution in [2.75, 3.05) is 5.73 Å². The van der Waals surface area contributed by atoms with E-state index in [0.29, 0.717) is 33.8 Å². The maximum Gasteiger partial charge on any atom is 0.260 e. The first-order chi connectivity index (χ1) is 10.0. The van der Waals surface area contributed by atoms with Crippen LogP contribution < -0.4 is 11.3 Å². The van der Waals surface area contributed by atoms with Crippen LogP contribution in [0.1, 0.15) is 18.1 Å². The number of hydrogen-bond acceptors (Lipinski definition) is 4. The van der Waals surface area contributed by atoms with Gasteiger partial charge in [-0.25, -0.2) is 0 Å². The van der Waals surface area contributed by atoms with E-state index in [2.05, 4.69) is 0 Å². The molecular weight excluding hydrogens is 288 g/mol. The number of aromatic nitrogens is 1. The molecule has 1 aromatic carbocycles. The Bertz CT molecular complexity index is 818. The van der Waals surface area contributed by atoms with Gasteiger partial charge in [0.1, 0.15) is 5.82 Å². The standard InChI is InChI=1S/C15H13ClN4O/c1-2-20-14(19)10(8-18)6-12(15(20)21)11-4-3-9(7-17)5-13(11)16/h3-6,8,18H,2,19H2,1H3. The number of benzene rings is 1. The number of nitriles is 1. The Kier molecular flexibility index (Phi) is 4.10. The lowest BCUT2D eigenvalue weighted by molar-refractivity contribution is 0.740. The van der Waals surface area contributed by atoms with Crippen LogP contribution in [0.4, 0.5) is 5.82 Å². The molecule has 21 heavy (non-hydrogen) atoms. The topological polar surface area (TPSA) is 95.7 Å². The van der Waals surface area contributed by atoms with E-state index in [0.717, 1.165) is 6.21 Å². The van der Waals surface area contributed by atoms with Gasteiger partial charge in [0.05, 0.1) is 11.6 Å². The molecule has 0 fully saturated rings. The van der Waals surface area contributed by atoms with Crippen molar-refractivity contribution < 1.29 is 0 Å². The lowest BCUT2D eigenvalue weighted by Crippen LogP contribution is -2.25. The van der Waals surface area contributed by atoms with Gasteiger partial charge in [0.15, 0.2) is 0 Å². The third-order valence-corrected chi connectivity index (χ3v) is 3.53. The number of nitrogens with zero attached hydrogens (tertiary/aromatic N) is 2. The van der Waals surface area contributed by atoms with Crippen molar-refractivity contribution in [2.24, 2.45) is 0 Å². The highest BCUT2D eigenvalue weighted by atomic mass is 35.5. The molecule has 6 heteroatoms. The highest BCUT2D eigenvalue weighted by Gasteiger charge is 2.14. The molecule has 0 aliphatic rings. The Balaban J connectivity index is 2.79. The number of nitrogens with one attached hydrogen (secondary N) is 1. The van der Waals surface area contributed by atoms with Crippen molar-refractivity contribution in [1.29, 1.82) is 10.7 Å². The van der Waals surface area contributed by atoms with E-state index in [9.17, 15) is 4.79 Å². The van der Waals surface area contributed by atoms with E-state index >= 15 is 0 Å². The second-order valence-corrected chi connectivity index (χ2v) is 4.81. The van der Waals surface area contributed by atoms with Crippen molar-refractivity contribution in [3.63, 3.8) is 0 Å². The Morgan fingerprint density at radius 3 is 2.67 bits per heavy atom. The smallest absolute Gasteiger partial charge is 0.260 e. The van der Waals surface area contributed by atoms with Crippen LogP contribution in [0.15, 0.2) is 29.1 Å². The van der Waals surface area contributed by atoms with Crippen molar-refractivity contribution in [3.8, 4) is 17.2 Å². The molecule has 0 radical (unpaired) electrons. The summed E-state index contributed by atoms with van der Waals surface area (Å²) in [4.78, 5) is 12.5. The molecular formula is C15H13ClN4O. The molecule has 0 bridgehead atoms. The molecule has 1 aromatic heterocycles. The summed E-state index contributed by atoms with van der Waals surface area (Å²) in [7, 11) is 0. The minimum Gasteiger partial charge on any atom is -0.384 e. The van der Waals surface area contributed by atoms with Crippen LogP contribution in [0.25, 0.3) is 11.1 Å². The van der Waals surface area contributed by atoms with Crippen LogP contribution in [-0.4, -0.2) is 10.8 Å². The zero-order valence-electron chi connectivity index (χ0n) is 11.4. The van der Waals surface area contributed by atoms with Crippen molar-refractivity contribution in [3.05, 3.63) is 50.8 Å². The monoisotopic (exact) mass is 300 g/mol. The second-order valence-electron chi connectivity index (χ2n) is 4.40. The van der Waals surface area contributed by atoms with Crippen LogP contribution >= 0.6 is 11.6 Å². The molecule has 2 aromatic rings. The second kappa shape index (κ2) is 5.81. The summed E-state index contributed by atoms with van der Waals surface area (Å²) in [5.74, 6) is 0.256. The van der Waals surface area contributed by atoms with E-state index in [1.165, 1.54) is 10.6 Å². The number of nitrogen functional groups attached to an aromatic ring is 1. The van der Waals surface area contributed by atoms with Gasteiger partial charge in [-0.15, -0.1) is 0 Å². The fraction of sp³-hybridized carbons (Fsp3) is 0.133. The average Bonchev–Trinajstić information content (AvgIpc) is 2.48. The summed E-state index contributed by atoms with van der Waals surface area (Å²) in [6.45, 7) is 2.20. The van der Waals surface area contributed by atoms with Gasteiger partial charge in [-0.1, -0.05) is 17.7 Å². The van der Waals surface area contributed by atoms with Gasteiger partial charge in [0.2, 0.25) is 0 Å². The predicted octanol–water partition coefficient (Wildman–Crippen LogP) is 2.64. The SMILES string of the molecule is CCn1c(N)c(C=N)cc(-c2ccc(C#N)cc2Cl)c1=O. The Labute approximate surface area is 126 Å². The van der Waals surface area contributed by atoms with E-state index in [1.807, 2.05) is 6.07 Å². The van der Waals surface area contributed by atoms with Gasteiger partial charge >= 0.3 is 0 Å². The normalized spacial score (nSPS) is 10.1. The van der Waals surface area contributed by atoms with Crippen molar-refractivity contribution in [1.82, 2.24) is 4.57 Å². The number of nitrogens with two attached hydrogens (primary N) is 1. The van der Waals surface area contributed by atoms with Gasteiger partial charge in [0.25, 0.3) is 5.56 Å². The van der Waals surface area contributed by atoms with Crippen LogP contribution in [-0.2, 0) is 6.54 Å². The van der Waals surface area contributed by atoms with E-state index < -0.39 is 0 Å². The molecule has 0 unspecified atom stereocenters. The maximum absolute atomic E-state index is 12.5. The third kappa shape index (κ3) is 2.54. The lowest BCUT2D eigenvalue weighted by atomic mass is 10.0. The largest absolute Gasteiger partial charge is 0.384 e. The molecule has 0 atom stereocenters. The van der Waals surface area contributed by atoms with E-state index in [-0.39, 0.29) is 11.4 Å². The fourth-order valence-corrected chi connectivity index (χ4v) is 2.41. The Hall–Kier alpha value is -2.58. The predicted molar refractivity (Wildman–Crippen MR) is 83.8 cm³/mol. The molecule has 5 nitrogen and oxygen atoms in total. The summed E-state index contributed by atoms with van der Waals surface area (Å²) in [6, 6.07) is 8.27. The molecule has 0 amide bonds. The summed E-state index contributed by atoms with van der Waals surface area (Å²) in [6.07, 6.45) is 1.10. The minimum absolute atomic E-state index is 0.256. The zero-order valence-corrected chi connectivity index (χ0v) is 12.1. The minimum atomic E-state index is -0.271. The first-order valence-corrected chi connectivity index (χ1v) is 6.65. The fourth-order valence-electron chi connectivity index (χ4n) is 2.13. The van der Waals surface area contributed by atoms with Gasteiger partial charge in [0, 0.05) is 34.5 Å². The van der Waals surface area contributed by atoms with Crippen molar-refractivity contribution in [2.45, 2.75) is 13.5 Å². The Morgan fingerprint density at radius 1 is 1.43 bits per heavy atom. The summed E-state index contributed by atoms with van der Waals surface area (Å²) in [5.41, 5.74) is 7.35. The highest BCUT2D eigenvalue weighted by molar-refractivity contribution is 6.33. The highest BCUT2D eigenvalue weighted by Crippen LogP contribution is 2.28. The summed E-state index contributed by atoms with van der Waals surface area (Å²) < 4.78 is 1.39. The molecule has 0 aliphatic heterocycles. The van der Waals surface area contributed by atoms with Gasteiger partial charge in [-0.3, -0.25) is 9.36 Å². The molecule has 0 aliphatic carbocycles. The van der Waals surface area contributed by atoms with Gasteiger partial charge < -0.3 is 11.1 Å². The van der Waals surface area contributed by atoms with Crippen LogP contribution in [0.5, 0.6) is 0 Å². The number of hydrogen-bond donors (Lipinski definition) is 2. The summed E-state index contributed by atoms with van der Waals surface area (Å²) in [5, 5.41) is 16.6. The van der Waals surface area contributed by atoms with Crippen LogP contribution in [0.2, 0.25) is 5.02 Å². The average molecular weight is 301 g/mol. The number of pyridine rings is 1. The zero-order chi connectivity index (χ0) is 15.6. The third-order valence-electron chi connectivity index (χ3n) is 3.22. The van der Waals surface area contributed by atoms with Gasteiger partial charge in [-0.05, 0) is 25.1 Å². The number of anilines is 1. The molecule has 1 heterocycles. The van der Waals surface area contributed by atoms with Crippen LogP contribution in [0, 0.1) is 16.7 Å². The maximum atomic E-state index is 12.5. The molecule has 3 N–H and O–H groups in total. The number of halogens is 1. The van der Waals surface area contributed by atoms with Crippen LogP contribution in [0.3, 0.4) is 0 Å². The molecule has 0 saturated heterocycles. The first kappa shape index (κ1) is 14.8. The first-order valence-electron chi connectivity index (χ1n) is 6.27.